The molecule has 1 aliphatic heterocycles. The Hall–Kier alpha value is -9.20. The van der Waals surface area contributed by atoms with E-state index in [1.54, 1.807) is 66.7 Å². The number of carbonyl (C=O) groups excluding carboxylic acids is 8. The quantitative estimate of drug-likeness (QED) is 0.0165. The van der Waals surface area contributed by atoms with Crippen LogP contribution in [0, 0.1) is 0 Å². The van der Waals surface area contributed by atoms with Gasteiger partial charge < -0.3 is 80.5 Å². The first-order valence-corrected chi connectivity index (χ1v) is 27.7. The maximum absolute atomic E-state index is 14.1. The number of benzene rings is 5. The number of aliphatic hydroxyl groups is 3. The number of phenols is 2. The fraction of sp³-hybridized carbons (Fsp3) is 0.355. The summed E-state index contributed by atoms with van der Waals surface area (Å²) in [6.45, 7) is 3.73. The van der Waals surface area contributed by atoms with Crippen molar-refractivity contribution in [3.8, 4) is 17.2 Å². The number of Topliss-reactive ketones (excluding diaryl/α,β-unsaturated/α-hetero) is 1. The molecule has 1 fully saturated rings. The Morgan fingerprint density at radius 1 is 0.756 bits per heavy atom. The number of carbonyl (C=O) groups is 8. The van der Waals surface area contributed by atoms with Gasteiger partial charge in [0.05, 0.1) is 42.0 Å². The summed E-state index contributed by atoms with van der Waals surface area (Å²) in [5.74, 6) is -5.63. The predicted octanol–water partition coefficient (Wildman–Crippen LogP) is 5.01. The molecule has 6 unspecified atom stereocenters. The smallest absolute Gasteiger partial charge is 0.408 e. The molecule has 5 aromatic rings. The van der Waals surface area contributed by atoms with E-state index in [1.165, 1.54) is 50.4 Å². The molecule has 86 heavy (non-hydrogen) atoms. The molecule has 24 nitrogen and oxygen atoms in total. The molecule has 0 spiro atoms. The van der Waals surface area contributed by atoms with Crippen molar-refractivity contribution in [3.05, 3.63) is 166 Å². The number of nitrogens with one attached hydrogen (secondary N) is 5. The number of anilines is 1. The van der Waals surface area contributed by atoms with Gasteiger partial charge in [0.2, 0.25) is 17.6 Å². The number of ketones is 3. The zero-order valence-electron chi connectivity index (χ0n) is 47.1. The summed E-state index contributed by atoms with van der Waals surface area (Å²) in [5, 5.41) is 69.9. The minimum Gasteiger partial charge on any atom is -0.507 e. The fourth-order valence-corrected chi connectivity index (χ4v) is 10.5. The molecule has 0 aromatic heterocycles. The number of phenolic OH excluding ortho intramolecular Hbond substituents is 2. The van der Waals surface area contributed by atoms with E-state index in [9.17, 15) is 63.9 Å². The second-order valence-corrected chi connectivity index (χ2v) is 20.8. The van der Waals surface area contributed by atoms with Gasteiger partial charge in [-0.15, -0.1) is 0 Å². The van der Waals surface area contributed by atoms with Crippen molar-refractivity contribution in [1.29, 1.82) is 0 Å². The maximum Gasteiger partial charge on any atom is 0.408 e. The van der Waals surface area contributed by atoms with Crippen molar-refractivity contribution < 1.29 is 92.3 Å². The third-order valence-corrected chi connectivity index (χ3v) is 14.9. The summed E-state index contributed by atoms with van der Waals surface area (Å²) in [5.41, 5.74) is -2.20. The highest BCUT2D eigenvalue weighted by atomic mass is 16.7. The van der Waals surface area contributed by atoms with Gasteiger partial charge in [0, 0.05) is 54.6 Å². The number of hydrogen-bond acceptors (Lipinski definition) is 19. The molecular weight excluding hydrogens is 1120 g/mol. The summed E-state index contributed by atoms with van der Waals surface area (Å²) in [7, 11) is 1.29. The second kappa shape index (κ2) is 28.6. The normalized spacial score (nSPS) is 20.0. The molecule has 0 bridgehead atoms. The molecule has 0 saturated carbocycles. The Morgan fingerprint density at radius 2 is 1.42 bits per heavy atom. The number of rotatable bonds is 24. The van der Waals surface area contributed by atoms with Crippen LogP contribution in [-0.2, 0) is 64.1 Å². The molecule has 5 amide bonds. The Kier molecular flexibility index (Phi) is 20.9. The van der Waals surface area contributed by atoms with Crippen LogP contribution in [0.1, 0.15) is 105 Å². The highest BCUT2D eigenvalue weighted by Gasteiger charge is 2.50. The number of aromatic hydroxyl groups is 2. The predicted molar refractivity (Wildman–Crippen MR) is 305 cm³/mol. The molecule has 2 aliphatic carbocycles. The maximum atomic E-state index is 14.1. The van der Waals surface area contributed by atoms with E-state index < -0.39 is 138 Å². The van der Waals surface area contributed by atoms with E-state index in [0.717, 1.165) is 11.1 Å². The second-order valence-electron chi connectivity index (χ2n) is 20.8. The standard InChI is InChI=1S/C62H67N5O19/c1-4-26-82-59(77)63-25-12-11-19-41(65-58(76)43(27-35-14-7-5-8-15-35)67-61(79)83-32-36-16-9-6-10-17-36)57(75)64-38-23-21-37(22-24-38)33-84-60(78)66-42-28-47(85-34(2)52(42)70)86-45-30-62(80,46(69)31-68)29-40-49(45)56(74)51-50(54(40)72)53(71)39-18-13-20-44(81-3)48(39)55(51)73/h4-10,13-18,20-24,34,41-43,45,47,52,68,70,72,74,80H,1,11-12,19,25-33H2,2-3H3,(H,63,77)(H,64,75)(H,65,76)(H,66,78)(H,67,79)/t34?,41?,42?,43-,45?,47?,52?,62-/m0/s1. The minimum atomic E-state index is -2.42. The third-order valence-electron chi connectivity index (χ3n) is 14.9. The van der Waals surface area contributed by atoms with Gasteiger partial charge in [-0.25, -0.2) is 14.4 Å². The third kappa shape index (κ3) is 15.0. The van der Waals surface area contributed by atoms with Crippen molar-refractivity contribution >= 4 is 53.1 Å². The largest absolute Gasteiger partial charge is 0.507 e. The van der Waals surface area contributed by atoms with Crippen LogP contribution in [0.15, 0.2) is 116 Å². The molecule has 3 aliphatic rings. The first kappa shape index (κ1) is 62.8. The lowest BCUT2D eigenvalue weighted by Crippen LogP contribution is -2.56. The SMILES string of the molecule is C=CCOC(=O)NCCCCC(NC(=O)[C@H](Cc1ccccc1)NC(=O)OCc1ccccc1)C(=O)Nc1ccc(COC(=O)NC2CC(OC3C[C@](O)(C(=O)CO)Cc4c(O)c5c(c(O)c43)C(=O)c3c(OC)cccc3C5=O)OC(C)C2O)cc1. The zero-order valence-corrected chi connectivity index (χ0v) is 47.1. The number of fused-ring (bicyclic) bond motifs is 3. The van der Waals surface area contributed by atoms with E-state index in [4.69, 9.17) is 28.4 Å². The van der Waals surface area contributed by atoms with Crippen molar-refractivity contribution in [3.63, 3.8) is 0 Å². The van der Waals surface area contributed by atoms with Crippen LogP contribution in [0.4, 0.5) is 20.1 Å². The lowest BCUT2D eigenvalue weighted by Gasteiger charge is -2.42. The molecule has 10 N–H and O–H groups in total. The van der Waals surface area contributed by atoms with Crippen LogP contribution < -0.4 is 31.3 Å². The molecule has 1 heterocycles. The topological polar surface area (TPSA) is 353 Å². The van der Waals surface area contributed by atoms with Crippen LogP contribution in [0.2, 0.25) is 0 Å². The first-order chi connectivity index (χ1) is 41.3. The Balaban J connectivity index is 0.912. The van der Waals surface area contributed by atoms with Gasteiger partial charge in [-0.1, -0.05) is 97.6 Å². The monoisotopic (exact) mass is 1190 g/mol. The lowest BCUT2D eigenvalue weighted by molar-refractivity contribution is -0.249. The molecule has 8 atom stereocenters. The summed E-state index contributed by atoms with van der Waals surface area (Å²) in [4.78, 5) is 108. The van der Waals surface area contributed by atoms with Gasteiger partial charge in [-0.05, 0) is 61.1 Å². The van der Waals surface area contributed by atoms with Crippen molar-refractivity contribution in [2.75, 3.05) is 32.2 Å². The van der Waals surface area contributed by atoms with Crippen LogP contribution in [-0.4, -0.2) is 142 Å². The van der Waals surface area contributed by atoms with Crippen LogP contribution in [0.25, 0.3) is 0 Å². The molecule has 8 rings (SSSR count). The van der Waals surface area contributed by atoms with E-state index in [-0.39, 0.29) is 73.6 Å². The van der Waals surface area contributed by atoms with Gasteiger partial charge in [-0.3, -0.25) is 24.0 Å². The number of unbranched alkanes of at least 4 members (excludes halogenated alkanes) is 1. The number of hydrogen-bond donors (Lipinski definition) is 10. The summed E-state index contributed by atoms with van der Waals surface area (Å²) >= 11 is 0. The highest BCUT2D eigenvalue weighted by molar-refractivity contribution is 6.31. The summed E-state index contributed by atoms with van der Waals surface area (Å²) in [6.07, 6.45) is -7.06. The number of alkyl carbamates (subject to hydrolysis) is 3. The van der Waals surface area contributed by atoms with Gasteiger partial charge >= 0.3 is 18.3 Å². The number of methoxy groups -OCH3 is 1. The van der Waals surface area contributed by atoms with Crippen LogP contribution >= 0.6 is 0 Å². The zero-order chi connectivity index (χ0) is 61.7. The van der Waals surface area contributed by atoms with Gasteiger partial charge in [0.1, 0.15) is 67.5 Å². The summed E-state index contributed by atoms with van der Waals surface area (Å²) in [6, 6.07) is 25.0. The Bertz CT molecular complexity index is 3330. The Morgan fingerprint density at radius 3 is 2.09 bits per heavy atom. The number of amides is 5. The van der Waals surface area contributed by atoms with Crippen molar-refractivity contribution in [2.45, 2.75) is 113 Å². The molecule has 454 valence electrons. The number of ether oxygens (including phenoxy) is 6. The van der Waals surface area contributed by atoms with E-state index >= 15 is 0 Å². The average Bonchev–Trinajstić information content (AvgIpc) is 0.786. The van der Waals surface area contributed by atoms with Crippen LogP contribution in [0.3, 0.4) is 0 Å². The fourth-order valence-electron chi connectivity index (χ4n) is 10.5. The number of aliphatic hydroxyl groups excluding tert-OH is 2. The van der Waals surface area contributed by atoms with Gasteiger partial charge in [0.25, 0.3) is 0 Å². The molecule has 5 aromatic carbocycles. The van der Waals surface area contributed by atoms with E-state index in [2.05, 4.69) is 33.2 Å². The summed E-state index contributed by atoms with van der Waals surface area (Å²) < 4.78 is 33.5. The van der Waals surface area contributed by atoms with Crippen LogP contribution in [0.5, 0.6) is 17.2 Å². The molecule has 1 saturated heterocycles. The minimum absolute atomic E-state index is 0.0192. The van der Waals surface area contributed by atoms with E-state index in [0.29, 0.717) is 24.1 Å². The molecule has 24 heteroatoms. The lowest BCUT2D eigenvalue weighted by atomic mass is 9.72. The van der Waals surface area contributed by atoms with E-state index in [1.807, 2.05) is 6.07 Å². The molecule has 0 radical (unpaired) electrons. The first-order valence-electron chi connectivity index (χ1n) is 27.7. The van der Waals surface area contributed by atoms with Crippen molar-refractivity contribution in [2.24, 2.45) is 0 Å². The Labute approximate surface area is 493 Å². The van der Waals surface area contributed by atoms with Gasteiger partial charge in [-0.2, -0.15) is 0 Å². The average molecular weight is 1190 g/mol. The van der Waals surface area contributed by atoms with Gasteiger partial charge in [0.15, 0.2) is 17.9 Å². The van der Waals surface area contributed by atoms with Crippen molar-refractivity contribution in [1.82, 2.24) is 21.3 Å². The molecular formula is C62H67N5O19. The highest BCUT2D eigenvalue weighted by Crippen LogP contribution is 2.52.